The van der Waals surface area contributed by atoms with Crippen molar-refractivity contribution in [2.45, 2.75) is 31.4 Å². The Bertz CT molecular complexity index is 4550. The first kappa shape index (κ1) is 71.3. The summed E-state index contributed by atoms with van der Waals surface area (Å²) in [5.41, 5.74) is 1.03. The van der Waals surface area contributed by atoms with Gasteiger partial charge >= 0.3 is 0 Å². The molecule has 1 aliphatic rings. The van der Waals surface area contributed by atoms with Crippen molar-refractivity contribution in [3.8, 4) is 0 Å². The van der Waals surface area contributed by atoms with Gasteiger partial charge in [-0.25, -0.2) is 15.0 Å². The fourth-order valence-corrected chi connectivity index (χ4v) is 10.8. The zero-order chi connectivity index (χ0) is 54.9. The van der Waals surface area contributed by atoms with Gasteiger partial charge in [0.2, 0.25) is 16.5 Å². The summed E-state index contributed by atoms with van der Waals surface area (Å²) >= 11 is 6.27. The molecule has 7 aromatic rings. The Balaban J connectivity index is 0.00000336. The van der Waals surface area contributed by atoms with Gasteiger partial charge < -0.3 is 21.1 Å². The van der Waals surface area contributed by atoms with Crippen LogP contribution in [-0.4, -0.2) is 250 Å². The summed E-state index contributed by atoms with van der Waals surface area (Å²) in [5, 5.41) is 19.1. The van der Waals surface area contributed by atoms with Crippen molar-refractivity contribution < 1.29 is 79.5 Å². The SMILES string of the molecule is CC(O)=Nc1cc(N=Nc2cc3c(S(=O)(=O)O)cc(S(=O)(=O)O)cc3cc2S(=O)(=O)O)ccc1N=c1nc(Cl)[nH]c(=Nc2cc(Nc3cc(S(=O)(=O)O)c(N)c4c3C(=O)c3ccccc3C4=O)ccc2S(=O)(=O)O)[nH]1.[Na].[Na].[Na].[Na].[Na]. The molecule has 80 heavy (non-hydrogen) atoms. The molecular weight excluding hydrogens is 1230 g/mol. The van der Waals surface area contributed by atoms with Crippen LogP contribution in [0.15, 0.2) is 141 Å². The standard InChI is InChI=1S/C41H29ClN10O18S5.5Na/c1-17(53)44-26-13-20(51-52-28-15-24-18(11-32(28)74(65,66)67)10-21(71(56,57)58)14-31(24)73(62,63)64)6-8-25(26)46-40-48-39(42)49-41(50-40)47-27-12-19(7-9-30(27)72(59,60)61)45-29-16-33(75(68,69)70)36(43)35-34(29)37(54)22-4-2-3-5-23(22)38(35)55;;;;;/h2-16,45H,43H2,1H3,(H,44,53)(H,56,57,58)(H,59,60,61)(H,62,63,64)(H,65,66,67)(H,68,69,70)(H2,46,47,48,49,50);;;;;. The van der Waals surface area contributed by atoms with Crippen LogP contribution in [0.3, 0.4) is 0 Å². The summed E-state index contributed by atoms with van der Waals surface area (Å²) in [7, 11) is -25.9. The second kappa shape index (κ2) is 27.0. The van der Waals surface area contributed by atoms with Crippen molar-refractivity contribution in [2.75, 3.05) is 11.1 Å². The van der Waals surface area contributed by atoms with Crippen molar-refractivity contribution in [1.29, 1.82) is 0 Å². The first-order valence-electron chi connectivity index (χ1n) is 20.1. The van der Waals surface area contributed by atoms with Gasteiger partial charge in [0.25, 0.3) is 50.6 Å². The van der Waals surface area contributed by atoms with Gasteiger partial charge in [0, 0.05) is 177 Å². The minimum atomic E-state index is -5.27. The van der Waals surface area contributed by atoms with Gasteiger partial charge in [-0.1, -0.05) is 24.3 Å². The number of aliphatic hydroxyl groups excluding tert-OH is 1. The number of rotatable bonds is 12. The second-order valence-corrected chi connectivity index (χ2v) is 22.9. The number of aromatic amines is 2. The number of hydrogen-bond acceptors (Lipinski definition) is 20. The van der Waals surface area contributed by atoms with Crippen LogP contribution >= 0.6 is 11.6 Å². The fraction of sp³-hybridized carbons (Fsp3) is 0.0244. The Kier molecular flexibility index (Phi) is 24.0. The molecule has 0 saturated heterocycles. The summed E-state index contributed by atoms with van der Waals surface area (Å²) in [5.74, 6) is -2.18. The van der Waals surface area contributed by atoms with E-state index in [-0.39, 0.29) is 187 Å². The monoisotopic (exact) mass is 1260 g/mol. The van der Waals surface area contributed by atoms with Crippen molar-refractivity contribution >= 4 is 284 Å². The molecule has 0 bridgehead atoms. The van der Waals surface area contributed by atoms with Crippen LogP contribution < -0.4 is 22.3 Å². The minimum absolute atomic E-state index is 0. The molecule has 1 heterocycles. The van der Waals surface area contributed by atoms with Crippen molar-refractivity contribution in [1.82, 2.24) is 15.0 Å². The number of nitrogens with one attached hydrogen (secondary N) is 3. The topological polar surface area (TPSA) is 471 Å². The summed E-state index contributed by atoms with van der Waals surface area (Å²) in [6.07, 6.45) is 0. The first-order chi connectivity index (χ1) is 34.8. The number of azo groups is 1. The van der Waals surface area contributed by atoms with Crippen LogP contribution in [0, 0.1) is 0 Å². The molecule has 0 spiro atoms. The number of aliphatic hydroxyl groups is 1. The molecule has 39 heteroatoms. The number of aliphatic imine (C=N–C) groups is 1. The first-order valence-corrected chi connectivity index (χ1v) is 27.7. The summed E-state index contributed by atoms with van der Waals surface area (Å²) in [4.78, 5) is 44.2. The van der Waals surface area contributed by atoms with E-state index in [1.807, 2.05) is 0 Å². The van der Waals surface area contributed by atoms with Crippen LogP contribution in [0.2, 0.25) is 5.28 Å². The maximum atomic E-state index is 13.9. The number of nitrogens with zero attached hydrogens (tertiary/aromatic N) is 6. The van der Waals surface area contributed by atoms with E-state index in [0.29, 0.717) is 18.2 Å². The summed E-state index contributed by atoms with van der Waals surface area (Å²) < 4.78 is 173. The van der Waals surface area contributed by atoms with E-state index in [2.05, 4.69) is 45.5 Å². The molecule has 0 atom stereocenters. The number of H-pyrrole nitrogens is 2. The van der Waals surface area contributed by atoms with Gasteiger partial charge in [0.1, 0.15) is 25.3 Å². The quantitative estimate of drug-likeness (QED) is 0.0209. The van der Waals surface area contributed by atoms with Crippen LogP contribution in [0.4, 0.5) is 45.5 Å². The average molecular weight is 1260 g/mol. The predicted octanol–water partition coefficient (Wildman–Crippen LogP) is 3.46. The number of hydrogen-bond donors (Lipinski definition) is 10. The van der Waals surface area contributed by atoms with Crippen LogP contribution in [0.25, 0.3) is 10.8 Å². The number of benzene rings is 6. The predicted molar refractivity (Wildman–Crippen MR) is 290 cm³/mol. The van der Waals surface area contributed by atoms with E-state index in [0.717, 1.165) is 43.3 Å². The summed E-state index contributed by atoms with van der Waals surface area (Å²) in [6, 6.07) is 15.2. The zero-order valence-corrected chi connectivity index (χ0v) is 56.8. The maximum Gasteiger partial charge on any atom is 0.296 e. The smallest absolute Gasteiger partial charge is 0.296 e. The van der Waals surface area contributed by atoms with Crippen molar-refractivity contribution in [3.63, 3.8) is 0 Å². The Morgan fingerprint density at radius 3 is 1.74 bits per heavy atom. The Morgan fingerprint density at radius 2 is 1.18 bits per heavy atom. The third-order valence-electron chi connectivity index (χ3n) is 10.4. The molecule has 11 N–H and O–H groups in total. The molecule has 5 radical (unpaired) electrons. The molecule has 0 aliphatic heterocycles. The third-order valence-corrected chi connectivity index (χ3v) is 15.0. The molecule has 0 unspecified atom stereocenters. The zero-order valence-electron chi connectivity index (χ0n) is 41.9. The normalized spacial score (nSPS) is 13.3. The molecule has 0 saturated carbocycles. The maximum absolute atomic E-state index is 13.9. The average Bonchev–Trinajstić information content (AvgIpc) is 3.28. The van der Waals surface area contributed by atoms with E-state index >= 15 is 0 Å². The fourth-order valence-electron chi connectivity index (χ4n) is 7.40. The van der Waals surface area contributed by atoms with E-state index in [1.54, 1.807) is 0 Å². The molecule has 1 aliphatic carbocycles. The number of nitrogen functional groups attached to an aromatic ring is 1. The van der Waals surface area contributed by atoms with Crippen LogP contribution in [-0.2, 0) is 50.6 Å². The Hall–Kier alpha value is -2.96. The van der Waals surface area contributed by atoms with Gasteiger partial charge in [-0.2, -0.15) is 52.2 Å². The van der Waals surface area contributed by atoms with Crippen LogP contribution in [0.5, 0.6) is 0 Å². The molecule has 8 rings (SSSR count). The molecule has 1 aromatic heterocycles. The molecule has 6 aromatic carbocycles. The number of anilines is 3. The van der Waals surface area contributed by atoms with Gasteiger partial charge in [0.05, 0.1) is 50.1 Å². The van der Waals surface area contributed by atoms with E-state index < -0.39 is 148 Å². The number of nitrogens with two attached hydrogens (primary N) is 1. The molecule has 393 valence electrons. The van der Waals surface area contributed by atoms with Crippen molar-refractivity contribution in [2.24, 2.45) is 25.2 Å². The van der Waals surface area contributed by atoms with E-state index in [1.165, 1.54) is 36.4 Å². The number of fused-ring (bicyclic) bond motifs is 3. The second-order valence-electron chi connectivity index (χ2n) is 15.5. The Morgan fingerprint density at radius 1 is 0.588 bits per heavy atom. The van der Waals surface area contributed by atoms with Gasteiger partial charge in [0.15, 0.2) is 17.5 Å². The number of ketones is 2. The van der Waals surface area contributed by atoms with E-state index in [4.69, 9.17) is 17.3 Å². The van der Waals surface area contributed by atoms with Gasteiger partial charge in [-0.15, -0.1) is 5.11 Å². The molecule has 0 fully saturated rings. The largest absolute Gasteiger partial charge is 0.497 e. The Labute approximate surface area is 567 Å². The third kappa shape index (κ3) is 15.9. The number of aromatic nitrogens is 3. The van der Waals surface area contributed by atoms with Gasteiger partial charge in [-0.3, -0.25) is 37.3 Å². The van der Waals surface area contributed by atoms with Crippen molar-refractivity contribution in [3.05, 3.63) is 130 Å². The molecular formula is C41H29ClN10Na5O18S5. The number of halogens is 1. The van der Waals surface area contributed by atoms with E-state index in [9.17, 15) is 79.5 Å². The molecule has 0 amide bonds. The minimum Gasteiger partial charge on any atom is -0.497 e. The van der Waals surface area contributed by atoms with Gasteiger partial charge in [-0.05, 0) is 83.7 Å². The number of carbonyl (C=O) groups excluding carboxylic acids is 2. The summed E-state index contributed by atoms with van der Waals surface area (Å²) in [6.45, 7) is 1.16. The van der Waals surface area contributed by atoms with Crippen LogP contribution in [0.1, 0.15) is 38.8 Å². The number of carbonyl (C=O) groups is 2. The molecule has 28 nitrogen and oxygen atoms in total.